The molecule has 4 aromatic rings. The van der Waals surface area contributed by atoms with Gasteiger partial charge in [0, 0.05) is 18.4 Å². The molecule has 4 rings (SSSR count). The molecule has 3 N–H and O–H groups in total. The molecule has 0 radical (unpaired) electrons. The van der Waals surface area contributed by atoms with Crippen LogP contribution in [-0.4, -0.2) is 52.2 Å². The minimum atomic E-state index is -0.705. The van der Waals surface area contributed by atoms with E-state index in [4.69, 9.17) is 17.3 Å². The van der Waals surface area contributed by atoms with Gasteiger partial charge in [-0.3, -0.25) is 4.79 Å². The number of nitrogens with two attached hydrogens (primary N) is 1. The van der Waals surface area contributed by atoms with Crippen molar-refractivity contribution >= 4 is 41.3 Å². The minimum Gasteiger partial charge on any atom is -0.378 e. The zero-order valence-electron chi connectivity index (χ0n) is 16.2. The standard InChI is InChI=1S/C16H13ClFN11O2S/c1-28-7-21-24-16(28)32-6-11-12(22-27-29(11)14-13(19)25-31-26-14)15(30)23-20-5-8-9(17)3-2-4-10(8)18/h2-5,7H,6H2,1H3,(H2,19,25)(H,23,30)/b20-5+. The molecule has 0 bridgehead atoms. The molecule has 0 aliphatic heterocycles. The van der Waals surface area contributed by atoms with Crippen LogP contribution >= 0.6 is 23.4 Å². The quantitative estimate of drug-likeness (QED) is 0.224. The minimum absolute atomic E-state index is 0.0256. The van der Waals surface area contributed by atoms with E-state index in [1.54, 1.807) is 11.6 Å². The number of aryl methyl sites for hydroxylation is 1. The highest BCUT2D eigenvalue weighted by atomic mass is 35.5. The number of thioether (sulfide) groups is 1. The van der Waals surface area contributed by atoms with Gasteiger partial charge in [-0.05, 0) is 22.4 Å². The van der Waals surface area contributed by atoms with Crippen molar-refractivity contribution in [3.63, 3.8) is 0 Å². The Morgan fingerprint density at radius 2 is 2.25 bits per heavy atom. The summed E-state index contributed by atoms with van der Waals surface area (Å²) in [5.41, 5.74) is 8.30. The fourth-order valence-electron chi connectivity index (χ4n) is 2.49. The molecule has 164 valence electrons. The Labute approximate surface area is 187 Å². The Kier molecular flexibility index (Phi) is 6.09. The van der Waals surface area contributed by atoms with Gasteiger partial charge in [0.25, 0.3) is 5.91 Å². The van der Waals surface area contributed by atoms with Crippen molar-refractivity contribution in [3.8, 4) is 5.82 Å². The van der Waals surface area contributed by atoms with Crippen LogP contribution < -0.4 is 11.2 Å². The smallest absolute Gasteiger partial charge is 0.293 e. The van der Waals surface area contributed by atoms with E-state index in [0.717, 1.165) is 6.21 Å². The number of hydrazone groups is 1. The van der Waals surface area contributed by atoms with Gasteiger partial charge in [-0.15, -0.1) is 15.3 Å². The summed E-state index contributed by atoms with van der Waals surface area (Å²) in [4.78, 5) is 12.7. The molecule has 16 heteroatoms. The number of halogens is 2. The van der Waals surface area contributed by atoms with Crippen LogP contribution in [0, 0.1) is 5.82 Å². The lowest BCUT2D eigenvalue weighted by molar-refractivity contribution is 0.0949. The summed E-state index contributed by atoms with van der Waals surface area (Å²) >= 11 is 7.21. The Balaban J connectivity index is 1.60. The van der Waals surface area contributed by atoms with Crippen LogP contribution in [-0.2, 0) is 12.8 Å². The summed E-state index contributed by atoms with van der Waals surface area (Å²) < 4.78 is 21.4. The number of nitrogens with one attached hydrogen (secondary N) is 1. The van der Waals surface area contributed by atoms with Crippen molar-refractivity contribution in [2.24, 2.45) is 12.1 Å². The van der Waals surface area contributed by atoms with Crippen LogP contribution in [0.2, 0.25) is 5.02 Å². The Hall–Kier alpha value is -3.85. The van der Waals surface area contributed by atoms with Crippen molar-refractivity contribution in [2.45, 2.75) is 10.9 Å². The lowest BCUT2D eigenvalue weighted by atomic mass is 10.2. The van der Waals surface area contributed by atoms with Crippen LogP contribution in [0.1, 0.15) is 21.7 Å². The summed E-state index contributed by atoms with van der Waals surface area (Å²) in [6, 6.07) is 4.17. The lowest BCUT2D eigenvalue weighted by Gasteiger charge is -2.05. The number of amides is 1. The maximum atomic E-state index is 13.9. The van der Waals surface area contributed by atoms with Crippen molar-refractivity contribution in [1.82, 2.24) is 45.5 Å². The second kappa shape index (κ2) is 9.11. The highest BCUT2D eigenvalue weighted by molar-refractivity contribution is 7.98. The molecule has 3 aromatic heterocycles. The van der Waals surface area contributed by atoms with E-state index in [1.165, 1.54) is 41.0 Å². The molecule has 0 aliphatic carbocycles. The third-order valence-electron chi connectivity index (χ3n) is 4.04. The third kappa shape index (κ3) is 4.28. The zero-order valence-corrected chi connectivity index (χ0v) is 17.7. The first kappa shape index (κ1) is 21.4. The number of aromatic nitrogens is 8. The van der Waals surface area contributed by atoms with E-state index in [0.29, 0.717) is 10.9 Å². The van der Waals surface area contributed by atoms with E-state index in [2.05, 4.69) is 46.0 Å². The van der Waals surface area contributed by atoms with E-state index in [9.17, 15) is 9.18 Å². The highest BCUT2D eigenvalue weighted by Gasteiger charge is 2.24. The molecule has 0 saturated carbocycles. The number of carbonyl (C=O) groups is 1. The molecular formula is C16H13ClFN11O2S. The molecule has 32 heavy (non-hydrogen) atoms. The van der Waals surface area contributed by atoms with E-state index in [-0.39, 0.29) is 33.7 Å². The van der Waals surface area contributed by atoms with E-state index >= 15 is 0 Å². The van der Waals surface area contributed by atoms with E-state index in [1.807, 2.05) is 0 Å². The molecule has 0 unspecified atom stereocenters. The number of hydrogen-bond donors (Lipinski definition) is 2. The van der Waals surface area contributed by atoms with Gasteiger partial charge in [0.1, 0.15) is 12.1 Å². The number of nitrogens with zero attached hydrogens (tertiary/aromatic N) is 9. The zero-order chi connectivity index (χ0) is 22.7. The van der Waals surface area contributed by atoms with Gasteiger partial charge < -0.3 is 10.3 Å². The summed E-state index contributed by atoms with van der Waals surface area (Å²) in [6.07, 6.45) is 2.63. The van der Waals surface area contributed by atoms with Crippen molar-refractivity contribution in [1.29, 1.82) is 0 Å². The molecule has 0 aliphatic rings. The Morgan fingerprint density at radius 1 is 1.41 bits per heavy atom. The largest absolute Gasteiger partial charge is 0.378 e. The summed E-state index contributed by atoms with van der Waals surface area (Å²) in [7, 11) is 1.77. The fourth-order valence-corrected chi connectivity index (χ4v) is 3.59. The summed E-state index contributed by atoms with van der Waals surface area (Å²) in [5.74, 6) is -1.08. The van der Waals surface area contributed by atoms with Gasteiger partial charge in [-0.25, -0.2) is 14.4 Å². The number of hydrogen-bond acceptors (Lipinski definition) is 11. The Bertz CT molecular complexity index is 1280. The molecule has 3 heterocycles. The molecule has 1 amide bonds. The topological polar surface area (TPSA) is 168 Å². The molecule has 0 saturated heterocycles. The fraction of sp³-hybridized carbons (Fsp3) is 0.125. The van der Waals surface area contributed by atoms with E-state index < -0.39 is 11.7 Å². The average Bonchev–Trinajstić information content (AvgIpc) is 3.48. The van der Waals surface area contributed by atoms with Gasteiger partial charge >= 0.3 is 0 Å². The predicted octanol–water partition coefficient (Wildman–Crippen LogP) is 1.21. The highest BCUT2D eigenvalue weighted by Crippen LogP contribution is 2.24. The number of rotatable bonds is 7. The van der Waals surface area contributed by atoms with Crippen LogP contribution in [0.4, 0.5) is 10.2 Å². The number of nitrogen functional groups attached to an aromatic ring is 1. The second-order valence-corrected chi connectivity index (χ2v) is 7.47. The average molecular weight is 478 g/mol. The molecular weight excluding hydrogens is 465 g/mol. The van der Waals surface area contributed by atoms with Gasteiger partial charge in [0.05, 0.1) is 16.9 Å². The maximum Gasteiger partial charge on any atom is 0.293 e. The second-order valence-electron chi connectivity index (χ2n) is 6.12. The summed E-state index contributed by atoms with van der Waals surface area (Å²) in [6.45, 7) is 0. The SMILES string of the molecule is Cn1cnnc1SCc1c(C(=O)N/N=C/c2c(F)cccc2Cl)nnn1-c1nonc1N. The van der Waals surface area contributed by atoms with Gasteiger partial charge in [0.15, 0.2) is 10.9 Å². The van der Waals surface area contributed by atoms with Gasteiger partial charge in [-0.1, -0.05) is 34.6 Å². The van der Waals surface area contributed by atoms with Crippen molar-refractivity contribution < 1.29 is 13.8 Å². The number of carbonyl (C=O) groups excluding carboxylic acids is 1. The van der Waals surface area contributed by atoms with Crippen LogP contribution in [0.15, 0.2) is 39.4 Å². The van der Waals surface area contributed by atoms with Crippen LogP contribution in [0.5, 0.6) is 0 Å². The van der Waals surface area contributed by atoms with Crippen LogP contribution in [0.25, 0.3) is 5.82 Å². The Morgan fingerprint density at radius 3 is 2.94 bits per heavy atom. The predicted molar refractivity (Wildman–Crippen MR) is 111 cm³/mol. The molecule has 0 fully saturated rings. The molecule has 0 spiro atoms. The summed E-state index contributed by atoms with van der Waals surface area (Å²) in [5, 5.41) is 27.3. The lowest BCUT2D eigenvalue weighted by Crippen LogP contribution is -2.20. The maximum absolute atomic E-state index is 13.9. The first-order valence-electron chi connectivity index (χ1n) is 8.73. The van der Waals surface area contributed by atoms with Crippen molar-refractivity contribution in [3.05, 3.63) is 52.3 Å². The first-order chi connectivity index (χ1) is 15.5. The van der Waals surface area contributed by atoms with Gasteiger partial charge in [-0.2, -0.15) is 9.78 Å². The normalized spacial score (nSPS) is 11.3. The number of anilines is 1. The van der Waals surface area contributed by atoms with Gasteiger partial charge in [0.2, 0.25) is 11.6 Å². The monoisotopic (exact) mass is 477 g/mol. The molecule has 13 nitrogen and oxygen atoms in total. The van der Waals surface area contributed by atoms with Crippen molar-refractivity contribution in [2.75, 3.05) is 5.73 Å². The third-order valence-corrected chi connectivity index (χ3v) is 5.42. The molecule has 0 atom stereocenters. The number of benzene rings is 1. The van der Waals surface area contributed by atoms with Crippen LogP contribution in [0.3, 0.4) is 0 Å². The molecule has 1 aromatic carbocycles. The first-order valence-corrected chi connectivity index (χ1v) is 10.1.